The summed E-state index contributed by atoms with van der Waals surface area (Å²) in [6, 6.07) is 22.9. The molecule has 2 aromatic rings. The summed E-state index contributed by atoms with van der Waals surface area (Å²) in [7, 11) is -3.53. The van der Waals surface area contributed by atoms with E-state index in [9.17, 15) is 0 Å². The van der Waals surface area contributed by atoms with Crippen molar-refractivity contribution >= 4 is 26.8 Å². The van der Waals surface area contributed by atoms with Gasteiger partial charge in [0.25, 0.3) is 8.32 Å². The number of benzene rings is 2. The Kier molecular flexibility index (Phi) is 7.06. The molecule has 0 aliphatic heterocycles. The lowest BCUT2D eigenvalue weighted by Crippen LogP contribution is -2.66. The van der Waals surface area contributed by atoms with E-state index in [4.69, 9.17) is 4.43 Å². The molecule has 0 aliphatic rings. The Balaban J connectivity index is 2.37. The maximum atomic E-state index is 6.94. The minimum atomic E-state index is -2.40. The van der Waals surface area contributed by atoms with Crippen LogP contribution in [0.2, 0.25) is 30.7 Å². The lowest BCUT2D eigenvalue weighted by Gasteiger charge is -2.43. The van der Waals surface area contributed by atoms with Gasteiger partial charge in [0.05, 0.1) is 0 Å². The quantitative estimate of drug-likeness (QED) is 0.402. The van der Waals surface area contributed by atoms with E-state index < -0.39 is 16.4 Å². The lowest BCUT2D eigenvalue weighted by atomic mass is 10.2. The van der Waals surface area contributed by atoms with Gasteiger partial charge in [0.2, 0.25) is 0 Å². The Morgan fingerprint density at radius 1 is 0.852 bits per heavy atom. The minimum absolute atomic E-state index is 0.0375. The molecule has 0 atom stereocenters. The van der Waals surface area contributed by atoms with Gasteiger partial charge in [0.15, 0.2) is 0 Å². The van der Waals surface area contributed by atoms with Crippen LogP contribution in [0.3, 0.4) is 0 Å². The zero-order valence-electron chi connectivity index (χ0n) is 18.0. The molecule has 0 spiro atoms. The van der Waals surface area contributed by atoms with E-state index >= 15 is 0 Å². The van der Waals surface area contributed by atoms with Gasteiger partial charge >= 0.3 is 0 Å². The fraction of sp³-hybridized carbons (Fsp3) is 0.417. The Bertz CT molecular complexity index is 685. The molecule has 0 saturated carbocycles. The van der Waals surface area contributed by atoms with Crippen molar-refractivity contribution in [1.82, 2.24) is 0 Å². The first-order chi connectivity index (χ1) is 12.6. The molecular weight excluding hydrogens is 360 g/mol. The molecule has 0 aromatic heterocycles. The average molecular weight is 397 g/mol. The van der Waals surface area contributed by atoms with E-state index in [0.717, 1.165) is 13.0 Å². The van der Waals surface area contributed by atoms with E-state index in [-0.39, 0.29) is 5.04 Å². The molecule has 1 nitrogen and oxygen atoms in total. The number of hydrogen-bond donors (Lipinski definition) is 0. The highest BCUT2D eigenvalue weighted by atomic mass is 28.4. The fourth-order valence-electron chi connectivity index (χ4n) is 3.95. The van der Waals surface area contributed by atoms with E-state index in [2.05, 4.69) is 108 Å². The SMILES string of the molecule is C=C(CCO[Si](c1ccccc1)(c1ccccc1)C(C)(C)C)C[Si](C)(C)C. The Morgan fingerprint density at radius 2 is 1.30 bits per heavy atom. The molecule has 146 valence electrons. The maximum Gasteiger partial charge on any atom is 0.261 e. The summed E-state index contributed by atoms with van der Waals surface area (Å²) in [6.45, 7) is 19.3. The van der Waals surface area contributed by atoms with Crippen molar-refractivity contribution in [2.24, 2.45) is 0 Å². The predicted molar refractivity (Wildman–Crippen MR) is 125 cm³/mol. The summed E-state index contributed by atoms with van der Waals surface area (Å²) >= 11 is 0. The second-order valence-electron chi connectivity index (χ2n) is 9.75. The Morgan fingerprint density at radius 3 is 1.67 bits per heavy atom. The summed E-state index contributed by atoms with van der Waals surface area (Å²) in [6.07, 6.45) is 0.953. The lowest BCUT2D eigenvalue weighted by molar-refractivity contribution is 0.301. The first-order valence-electron chi connectivity index (χ1n) is 9.98. The van der Waals surface area contributed by atoms with Gasteiger partial charge in [-0.2, -0.15) is 0 Å². The van der Waals surface area contributed by atoms with Crippen molar-refractivity contribution in [3.8, 4) is 0 Å². The summed E-state index contributed by atoms with van der Waals surface area (Å²) in [5, 5.41) is 2.73. The van der Waals surface area contributed by atoms with Gasteiger partial charge in [-0.15, -0.1) is 6.58 Å². The predicted octanol–water partition coefficient (Wildman–Crippen LogP) is 5.85. The third kappa shape index (κ3) is 5.53. The summed E-state index contributed by atoms with van der Waals surface area (Å²) in [5.41, 5.74) is 1.34. The third-order valence-corrected chi connectivity index (χ3v) is 11.6. The zero-order chi connectivity index (χ0) is 20.1. The van der Waals surface area contributed by atoms with Crippen molar-refractivity contribution in [1.29, 1.82) is 0 Å². The van der Waals surface area contributed by atoms with Gasteiger partial charge in [0.1, 0.15) is 0 Å². The highest BCUT2D eigenvalue weighted by molar-refractivity contribution is 6.99. The van der Waals surface area contributed by atoms with Gasteiger partial charge in [-0.3, -0.25) is 0 Å². The van der Waals surface area contributed by atoms with Gasteiger partial charge in [0, 0.05) is 14.7 Å². The summed E-state index contributed by atoms with van der Waals surface area (Å²) < 4.78 is 6.94. The highest BCUT2D eigenvalue weighted by Gasteiger charge is 2.49. The van der Waals surface area contributed by atoms with Crippen LogP contribution in [0.25, 0.3) is 0 Å². The van der Waals surface area contributed by atoms with Crippen LogP contribution in [0.15, 0.2) is 72.8 Å². The second kappa shape index (κ2) is 8.72. The van der Waals surface area contributed by atoms with Gasteiger partial charge in [-0.1, -0.05) is 107 Å². The average Bonchev–Trinajstić information content (AvgIpc) is 2.57. The van der Waals surface area contributed by atoms with Crippen molar-refractivity contribution in [3.63, 3.8) is 0 Å². The molecule has 0 heterocycles. The Labute approximate surface area is 168 Å². The first kappa shape index (κ1) is 21.9. The normalized spacial score (nSPS) is 12.8. The molecule has 0 fully saturated rings. The van der Waals surface area contributed by atoms with Crippen LogP contribution in [-0.2, 0) is 4.43 Å². The van der Waals surface area contributed by atoms with E-state index in [1.165, 1.54) is 22.0 Å². The smallest absolute Gasteiger partial charge is 0.261 e. The largest absolute Gasteiger partial charge is 0.407 e. The molecule has 2 aromatic carbocycles. The van der Waals surface area contributed by atoms with Crippen molar-refractivity contribution in [2.45, 2.75) is 57.9 Å². The molecule has 27 heavy (non-hydrogen) atoms. The molecule has 0 saturated heterocycles. The zero-order valence-corrected chi connectivity index (χ0v) is 20.0. The van der Waals surface area contributed by atoms with Gasteiger partial charge < -0.3 is 4.43 Å². The van der Waals surface area contributed by atoms with Crippen LogP contribution < -0.4 is 10.4 Å². The molecule has 0 amide bonds. The topological polar surface area (TPSA) is 9.23 Å². The van der Waals surface area contributed by atoms with Crippen LogP contribution in [-0.4, -0.2) is 23.0 Å². The standard InChI is InChI=1S/C24H36OSi2/c1-21(20-26(5,6)7)18-19-25-27(24(2,3)4,22-14-10-8-11-15-22)23-16-12-9-13-17-23/h8-17H,1,18-20H2,2-7H3. The maximum absolute atomic E-state index is 6.94. The van der Waals surface area contributed by atoms with E-state index in [1.807, 2.05) is 0 Å². The molecule has 0 N–H and O–H groups in total. The van der Waals surface area contributed by atoms with Gasteiger partial charge in [-0.05, 0) is 27.9 Å². The first-order valence-corrected chi connectivity index (χ1v) is 15.6. The second-order valence-corrected chi connectivity index (χ2v) is 19.5. The summed E-state index contributed by atoms with van der Waals surface area (Å²) in [5.74, 6) is 0. The van der Waals surface area contributed by atoms with Crippen LogP contribution in [0, 0.1) is 0 Å². The molecule has 0 radical (unpaired) electrons. The van der Waals surface area contributed by atoms with Crippen molar-refractivity contribution < 1.29 is 4.43 Å². The molecule has 3 heteroatoms. The molecule has 0 aliphatic carbocycles. The molecule has 2 rings (SSSR count). The highest BCUT2D eigenvalue weighted by Crippen LogP contribution is 2.37. The Hall–Kier alpha value is -1.43. The van der Waals surface area contributed by atoms with Crippen LogP contribution in [0.1, 0.15) is 27.2 Å². The third-order valence-electron chi connectivity index (χ3n) is 4.97. The van der Waals surface area contributed by atoms with Crippen molar-refractivity contribution in [2.75, 3.05) is 6.61 Å². The monoisotopic (exact) mass is 396 g/mol. The molecule has 0 unspecified atom stereocenters. The number of rotatable bonds is 8. The summed E-state index contributed by atoms with van der Waals surface area (Å²) in [4.78, 5) is 0. The van der Waals surface area contributed by atoms with E-state index in [0.29, 0.717) is 0 Å². The molecule has 0 bridgehead atoms. The van der Waals surface area contributed by atoms with Crippen LogP contribution in [0.5, 0.6) is 0 Å². The number of hydrogen-bond acceptors (Lipinski definition) is 1. The van der Waals surface area contributed by atoms with Crippen molar-refractivity contribution in [3.05, 3.63) is 72.8 Å². The fourth-order valence-corrected chi connectivity index (χ4v) is 10.2. The van der Waals surface area contributed by atoms with Gasteiger partial charge in [-0.25, -0.2) is 0 Å². The van der Waals surface area contributed by atoms with E-state index in [1.54, 1.807) is 0 Å². The molecular formula is C24H36OSi2. The van der Waals surface area contributed by atoms with Crippen LogP contribution >= 0.6 is 0 Å². The minimum Gasteiger partial charge on any atom is -0.407 e. The van der Waals surface area contributed by atoms with Crippen LogP contribution in [0.4, 0.5) is 0 Å².